The first-order chi connectivity index (χ1) is 7.07. The van der Waals surface area contributed by atoms with Crippen LogP contribution in [0, 0.1) is 6.92 Å². The van der Waals surface area contributed by atoms with E-state index in [-0.39, 0.29) is 0 Å². The Morgan fingerprint density at radius 1 is 1.20 bits per heavy atom. The van der Waals surface area contributed by atoms with Crippen molar-refractivity contribution in [3.05, 3.63) is 35.7 Å². The Bertz CT molecular complexity index is 324. The Morgan fingerprint density at radius 2 is 1.73 bits per heavy atom. The second-order valence-corrected chi connectivity index (χ2v) is 5.10. The Balaban J connectivity index is 2.04. The molecule has 1 aromatic carbocycles. The summed E-state index contributed by atoms with van der Waals surface area (Å²) in [6.45, 7) is 5.55. The summed E-state index contributed by atoms with van der Waals surface area (Å²) in [6, 6.07) is 8.27. The van der Waals surface area contributed by atoms with Crippen molar-refractivity contribution in [2.24, 2.45) is 0 Å². The van der Waals surface area contributed by atoms with E-state index in [1.54, 1.807) is 0 Å². The van der Waals surface area contributed by atoms with E-state index in [0.29, 0.717) is 0 Å². The Kier molecular flexibility index (Phi) is 3.03. The van der Waals surface area contributed by atoms with Gasteiger partial charge >= 0.3 is 0 Å². The zero-order chi connectivity index (χ0) is 10.9. The van der Waals surface area contributed by atoms with Crippen molar-refractivity contribution in [2.45, 2.75) is 18.4 Å². The van der Waals surface area contributed by atoms with Gasteiger partial charge in [0.1, 0.15) is 0 Å². The van der Waals surface area contributed by atoms with Gasteiger partial charge in [-0.1, -0.05) is 15.9 Å². The largest absolute Gasteiger partial charge is 0.390 e. The average Bonchev–Trinajstić information content (AvgIpc) is 2.20. The minimum atomic E-state index is -0.716. The molecule has 1 N–H and O–H groups in total. The zero-order valence-corrected chi connectivity index (χ0v) is 10.2. The van der Waals surface area contributed by atoms with Crippen LogP contribution in [0.15, 0.2) is 28.7 Å². The second-order valence-electron chi connectivity index (χ2n) is 4.19. The predicted octanol–water partition coefficient (Wildman–Crippen LogP) is 2.61. The van der Waals surface area contributed by atoms with Gasteiger partial charge in [-0.15, -0.1) is 0 Å². The highest BCUT2D eigenvalue weighted by Crippen LogP contribution is 2.26. The molecule has 1 aliphatic heterocycles. The van der Waals surface area contributed by atoms with E-state index in [1.807, 2.05) is 12.1 Å². The highest BCUT2D eigenvalue weighted by atomic mass is 79.9. The molecule has 0 amide bonds. The maximum atomic E-state index is 9.74. The van der Waals surface area contributed by atoms with Crippen LogP contribution in [0.3, 0.4) is 0 Å². The van der Waals surface area contributed by atoms with Crippen molar-refractivity contribution in [3.8, 4) is 0 Å². The molecule has 0 aromatic heterocycles. The van der Waals surface area contributed by atoms with Gasteiger partial charge in [0.05, 0.1) is 5.60 Å². The molecule has 2 nitrogen and oxygen atoms in total. The summed E-state index contributed by atoms with van der Waals surface area (Å²) in [5.41, 5.74) is 0.500. The topological polar surface area (TPSA) is 23.5 Å². The fraction of sp³-hybridized carbons (Fsp3) is 0.417. The second kappa shape index (κ2) is 4.14. The molecular formula is C12H15BrNO. The summed E-state index contributed by atoms with van der Waals surface area (Å²) in [6.07, 6.45) is 1.48. The molecule has 0 bridgehead atoms. The first kappa shape index (κ1) is 11.0. The number of aliphatic hydroxyl groups is 1. The van der Waals surface area contributed by atoms with Crippen molar-refractivity contribution in [1.82, 2.24) is 0 Å². The van der Waals surface area contributed by atoms with Crippen LogP contribution in [0.25, 0.3) is 0 Å². The lowest BCUT2D eigenvalue weighted by molar-refractivity contribution is 0.0618. The molecule has 0 aliphatic carbocycles. The van der Waals surface area contributed by atoms with Gasteiger partial charge in [-0.3, -0.25) is 0 Å². The number of anilines is 1. The maximum Gasteiger partial charge on any atom is 0.0682 e. The first-order valence-electron chi connectivity index (χ1n) is 5.15. The molecule has 0 spiro atoms. The third-order valence-corrected chi connectivity index (χ3v) is 3.41. The van der Waals surface area contributed by atoms with Crippen LogP contribution in [0.2, 0.25) is 0 Å². The van der Waals surface area contributed by atoms with E-state index in [4.69, 9.17) is 0 Å². The van der Waals surface area contributed by atoms with Gasteiger partial charge in [0.25, 0.3) is 0 Å². The van der Waals surface area contributed by atoms with E-state index in [0.717, 1.165) is 30.4 Å². The summed E-state index contributed by atoms with van der Waals surface area (Å²) in [7, 11) is 0. The normalized spacial score (nSPS) is 20.3. The fourth-order valence-corrected chi connectivity index (χ4v) is 2.10. The Morgan fingerprint density at radius 3 is 2.27 bits per heavy atom. The minimum absolute atomic E-state index is 0.716. The van der Waals surface area contributed by atoms with Gasteiger partial charge in [0.2, 0.25) is 0 Å². The van der Waals surface area contributed by atoms with Crippen LogP contribution in [0.1, 0.15) is 12.8 Å². The smallest absolute Gasteiger partial charge is 0.0682 e. The number of piperidine rings is 1. The lowest BCUT2D eigenvalue weighted by Gasteiger charge is -2.37. The van der Waals surface area contributed by atoms with Crippen molar-refractivity contribution >= 4 is 21.6 Å². The van der Waals surface area contributed by atoms with Crippen LogP contribution in [-0.4, -0.2) is 23.8 Å². The van der Waals surface area contributed by atoms with Crippen LogP contribution < -0.4 is 4.90 Å². The SMILES string of the molecule is [CH2]C1(O)CCN(c2ccc(Br)cc2)CC1. The molecule has 1 aliphatic rings. The van der Waals surface area contributed by atoms with E-state index >= 15 is 0 Å². The summed E-state index contributed by atoms with van der Waals surface area (Å²) < 4.78 is 1.09. The Labute approximate surface area is 99.0 Å². The first-order valence-corrected chi connectivity index (χ1v) is 5.94. The molecule has 15 heavy (non-hydrogen) atoms. The van der Waals surface area contributed by atoms with Crippen molar-refractivity contribution in [2.75, 3.05) is 18.0 Å². The van der Waals surface area contributed by atoms with Gasteiger partial charge < -0.3 is 10.0 Å². The van der Waals surface area contributed by atoms with E-state index in [9.17, 15) is 5.11 Å². The number of hydrogen-bond acceptors (Lipinski definition) is 2. The van der Waals surface area contributed by atoms with E-state index in [2.05, 4.69) is 39.9 Å². The Hall–Kier alpha value is -0.540. The minimum Gasteiger partial charge on any atom is -0.390 e. The third kappa shape index (κ3) is 2.73. The summed E-state index contributed by atoms with van der Waals surface area (Å²) >= 11 is 3.42. The zero-order valence-electron chi connectivity index (χ0n) is 8.62. The summed E-state index contributed by atoms with van der Waals surface area (Å²) in [5.74, 6) is 0. The number of hydrogen-bond donors (Lipinski definition) is 1. The van der Waals surface area contributed by atoms with Gasteiger partial charge in [-0.2, -0.15) is 0 Å². The highest BCUT2D eigenvalue weighted by molar-refractivity contribution is 9.10. The van der Waals surface area contributed by atoms with E-state index in [1.165, 1.54) is 5.69 Å². The van der Waals surface area contributed by atoms with Gasteiger partial charge in [-0.05, 0) is 44.0 Å². The van der Waals surface area contributed by atoms with Gasteiger partial charge in [-0.25, -0.2) is 0 Å². The molecule has 1 saturated heterocycles. The van der Waals surface area contributed by atoms with Crippen LogP contribution in [0.4, 0.5) is 5.69 Å². The molecule has 3 heteroatoms. The summed E-state index contributed by atoms with van der Waals surface area (Å²) in [5, 5.41) is 9.74. The third-order valence-electron chi connectivity index (χ3n) is 2.89. The van der Waals surface area contributed by atoms with E-state index < -0.39 is 5.60 Å². The predicted molar refractivity (Wildman–Crippen MR) is 65.9 cm³/mol. The monoisotopic (exact) mass is 268 g/mol. The highest BCUT2D eigenvalue weighted by Gasteiger charge is 2.27. The average molecular weight is 269 g/mol. The van der Waals surface area contributed by atoms with Crippen LogP contribution in [0.5, 0.6) is 0 Å². The van der Waals surface area contributed by atoms with Crippen LogP contribution in [-0.2, 0) is 0 Å². The van der Waals surface area contributed by atoms with Crippen molar-refractivity contribution < 1.29 is 5.11 Å². The van der Waals surface area contributed by atoms with Crippen molar-refractivity contribution in [1.29, 1.82) is 0 Å². The molecule has 0 atom stereocenters. The molecule has 1 fully saturated rings. The maximum absolute atomic E-state index is 9.74. The number of nitrogens with zero attached hydrogens (tertiary/aromatic N) is 1. The van der Waals surface area contributed by atoms with Crippen molar-refractivity contribution in [3.63, 3.8) is 0 Å². The molecule has 81 valence electrons. The van der Waals surface area contributed by atoms with Gasteiger partial charge in [0.15, 0.2) is 0 Å². The summed E-state index contributed by atoms with van der Waals surface area (Å²) in [4.78, 5) is 2.28. The molecule has 2 rings (SSSR count). The number of halogens is 1. The molecule has 1 heterocycles. The molecule has 0 unspecified atom stereocenters. The standard InChI is InChI=1S/C12H15BrNO/c1-12(15)6-8-14(9-7-12)11-4-2-10(13)3-5-11/h2-5,15H,1,6-9H2. The van der Waals surface area contributed by atoms with Crippen LogP contribution >= 0.6 is 15.9 Å². The lowest BCUT2D eigenvalue weighted by atomic mass is 9.93. The molecule has 1 radical (unpaired) electrons. The lowest BCUT2D eigenvalue weighted by Crippen LogP contribution is -2.42. The number of benzene rings is 1. The molecule has 0 saturated carbocycles. The molecule has 1 aromatic rings. The molecular weight excluding hydrogens is 254 g/mol. The fourth-order valence-electron chi connectivity index (χ4n) is 1.83. The number of rotatable bonds is 1. The van der Waals surface area contributed by atoms with Gasteiger partial charge in [0, 0.05) is 23.2 Å². The quantitative estimate of drug-likeness (QED) is 0.847.